The smallest absolute Gasteiger partial charge is 0.256 e. The van der Waals surface area contributed by atoms with Crippen LogP contribution < -0.4 is 5.32 Å². The van der Waals surface area contributed by atoms with Gasteiger partial charge in [0.2, 0.25) is 0 Å². The molecule has 26 heavy (non-hydrogen) atoms. The largest absolute Gasteiger partial charge is 0.312 e. The molecule has 0 saturated carbocycles. The minimum absolute atomic E-state index is 0.234. The molecule has 1 aromatic heterocycles. The van der Waals surface area contributed by atoms with E-state index in [0.29, 0.717) is 32.1 Å². The van der Waals surface area contributed by atoms with Crippen molar-refractivity contribution in [3.63, 3.8) is 0 Å². The Hall–Kier alpha value is -1.54. The second-order valence-corrected chi connectivity index (χ2v) is 9.63. The molecular weight excluding hydrogens is 387 g/mol. The van der Waals surface area contributed by atoms with Crippen LogP contribution in [0, 0.1) is 22.7 Å². The Kier molecular flexibility index (Phi) is 5.35. The highest BCUT2D eigenvalue weighted by Gasteiger charge is 2.32. The van der Waals surface area contributed by atoms with E-state index in [1.54, 1.807) is 12.1 Å². The summed E-state index contributed by atoms with van der Waals surface area (Å²) in [7, 11) is 0. The van der Waals surface area contributed by atoms with Crippen molar-refractivity contribution in [2.24, 2.45) is 11.3 Å². The quantitative estimate of drug-likeness (QED) is 0.632. The molecule has 0 fully saturated rings. The molecule has 3 nitrogen and oxygen atoms in total. The molecule has 1 aliphatic rings. The van der Waals surface area contributed by atoms with E-state index in [1.165, 1.54) is 22.3 Å². The SMILES string of the molecule is CC(C)(C)[C@H]1CCc2c(sc(NC(=O)c3ccc(Cl)c(Cl)c3)c2C#N)C1. The first-order chi connectivity index (χ1) is 12.2. The number of thiophene rings is 1. The molecule has 3 rings (SSSR count). The van der Waals surface area contributed by atoms with E-state index in [0.717, 1.165) is 24.8 Å². The van der Waals surface area contributed by atoms with Crippen LogP contribution in [0.15, 0.2) is 18.2 Å². The highest BCUT2D eigenvalue weighted by atomic mass is 35.5. The highest BCUT2D eigenvalue weighted by molar-refractivity contribution is 7.16. The predicted molar refractivity (Wildman–Crippen MR) is 108 cm³/mol. The van der Waals surface area contributed by atoms with Gasteiger partial charge >= 0.3 is 0 Å². The lowest BCUT2D eigenvalue weighted by atomic mass is 9.72. The Balaban J connectivity index is 1.87. The third kappa shape index (κ3) is 3.76. The van der Waals surface area contributed by atoms with Crippen LogP contribution in [0.4, 0.5) is 5.00 Å². The monoisotopic (exact) mass is 406 g/mol. The van der Waals surface area contributed by atoms with Crippen LogP contribution in [0.1, 0.15) is 53.6 Å². The number of carbonyl (C=O) groups is 1. The van der Waals surface area contributed by atoms with Gasteiger partial charge in [0.25, 0.3) is 5.91 Å². The molecule has 0 saturated heterocycles. The maximum Gasteiger partial charge on any atom is 0.256 e. The number of halogens is 2. The number of hydrogen-bond donors (Lipinski definition) is 1. The Morgan fingerprint density at radius 1 is 1.31 bits per heavy atom. The lowest BCUT2D eigenvalue weighted by Gasteiger charge is -2.33. The van der Waals surface area contributed by atoms with Gasteiger partial charge in [-0.1, -0.05) is 44.0 Å². The number of carbonyl (C=O) groups excluding carboxylic acids is 1. The number of nitrogens with zero attached hydrogens (tertiary/aromatic N) is 1. The first-order valence-electron chi connectivity index (χ1n) is 8.51. The molecule has 2 aromatic rings. The number of amides is 1. The van der Waals surface area contributed by atoms with Crippen molar-refractivity contribution in [1.29, 1.82) is 5.26 Å². The molecule has 0 spiro atoms. The van der Waals surface area contributed by atoms with Crippen LogP contribution >= 0.6 is 34.5 Å². The molecule has 0 radical (unpaired) electrons. The Bertz CT molecular complexity index is 906. The summed E-state index contributed by atoms with van der Waals surface area (Å²) in [6, 6.07) is 7.04. The van der Waals surface area contributed by atoms with Crippen LogP contribution in [0.2, 0.25) is 10.0 Å². The maximum atomic E-state index is 12.6. The topological polar surface area (TPSA) is 52.9 Å². The van der Waals surface area contributed by atoms with E-state index in [4.69, 9.17) is 23.2 Å². The standard InChI is InChI=1S/C20H20Cl2N2OS/c1-20(2,3)12-5-6-13-14(10-23)19(26-17(13)9-12)24-18(25)11-4-7-15(21)16(22)8-11/h4,7-8,12H,5-6,9H2,1-3H3,(H,24,25)/t12-/m0/s1. The maximum absolute atomic E-state index is 12.6. The first kappa shape index (κ1) is 19.2. The van der Waals surface area contributed by atoms with Crippen LogP contribution in [0.5, 0.6) is 0 Å². The fourth-order valence-electron chi connectivity index (χ4n) is 3.34. The van der Waals surface area contributed by atoms with Crippen molar-refractivity contribution in [3.8, 4) is 6.07 Å². The van der Waals surface area contributed by atoms with Crippen molar-refractivity contribution in [1.82, 2.24) is 0 Å². The van der Waals surface area contributed by atoms with E-state index in [9.17, 15) is 10.1 Å². The summed E-state index contributed by atoms with van der Waals surface area (Å²) in [5, 5.41) is 13.9. The molecule has 0 unspecified atom stereocenters. The zero-order valence-electron chi connectivity index (χ0n) is 15.0. The van der Waals surface area contributed by atoms with Gasteiger partial charge in [0.1, 0.15) is 11.1 Å². The van der Waals surface area contributed by atoms with Crippen molar-refractivity contribution < 1.29 is 4.79 Å². The van der Waals surface area contributed by atoms with Gasteiger partial charge in [-0.2, -0.15) is 5.26 Å². The van der Waals surface area contributed by atoms with Gasteiger partial charge in [0.15, 0.2) is 0 Å². The average molecular weight is 407 g/mol. The summed E-state index contributed by atoms with van der Waals surface area (Å²) in [6.07, 6.45) is 2.92. The van der Waals surface area contributed by atoms with Gasteiger partial charge in [-0.05, 0) is 54.4 Å². The highest BCUT2D eigenvalue weighted by Crippen LogP contribution is 2.44. The molecule has 1 aromatic carbocycles. The summed E-state index contributed by atoms with van der Waals surface area (Å²) in [5.74, 6) is 0.296. The van der Waals surface area contributed by atoms with E-state index >= 15 is 0 Å². The Morgan fingerprint density at radius 3 is 2.65 bits per heavy atom. The van der Waals surface area contributed by atoms with Gasteiger partial charge in [0.05, 0.1) is 15.6 Å². The second-order valence-electron chi connectivity index (χ2n) is 7.71. The van der Waals surface area contributed by atoms with E-state index in [2.05, 4.69) is 32.2 Å². The van der Waals surface area contributed by atoms with Crippen molar-refractivity contribution >= 4 is 45.4 Å². The third-order valence-electron chi connectivity index (χ3n) is 5.01. The number of hydrogen-bond acceptors (Lipinski definition) is 3. The van der Waals surface area contributed by atoms with E-state index in [-0.39, 0.29) is 11.3 Å². The van der Waals surface area contributed by atoms with Crippen molar-refractivity contribution in [2.45, 2.75) is 40.0 Å². The second kappa shape index (κ2) is 7.23. The average Bonchev–Trinajstić information content (AvgIpc) is 2.92. The zero-order valence-corrected chi connectivity index (χ0v) is 17.3. The molecule has 1 atom stereocenters. The lowest BCUT2D eigenvalue weighted by Crippen LogP contribution is -2.26. The number of anilines is 1. The molecule has 0 bridgehead atoms. The molecule has 1 amide bonds. The van der Waals surface area contributed by atoms with E-state index in [1.807, 2.05) is 0 Å². The summed E-state index contributed by atoms with van der Waals surface area (Å²) in [4.78, 5) is 13.8. The molecule has 1 aliphatic carbocycles. The van der Waals surface area contributed by atoms with Gasteiger partial charge in [-0.25, -0.2) is 0 Å². The first-order valence-corrected chi connectivity index (χ1v) is 10.1. The normalized spacial score (nSPS) is 16.7. The molecule has 0 aliphatic heterocycles. The molecule has 1 heterocycles. The fourth-order valence-corrected chi connectivity index (χ4v) is 4.92. The van der Waals surface area contributed by atoms with Crippen LogP contribution in [-0.4, -0.2) is 5.91 Å². The molecule has 136 valence electrons. The summed E-state index contributed by atoms with van der Waals surface area (Å²) in [5.41, 5.74) is 2.35. The fraction of sp³-hybridized carbons (Fsp3) is 0.400. The number of benzene rings is 1. The molecular formula is C20H20Cl2N2OS. The summed E-state index contributed by atoms with van der Waals surface area (Å²) >= 11 is 13.4. The number of nitrogens with one attached hydrogen (secondary N) is 1. The minimum atomic E-state index is -0.286. The summed E-state index contributed by atoms with van der Waals surface area (Å²) < 4.78 is 0. The van der Waals surface area contributed by atoms with Crippen molar-refractivity contribution in [2.75, 3.05) is 5.32 Å². The molecule has 6 heteroatoms. The van der Waals surface area contributed by atoms with Gasteiger partial charge in [-0.15, -0.1) is 11.3 Å². The van der Waals surface area contributed by atoms with Crippen LogP contribution in [-0.2, 0) is 12.8 Å². The number of nitriles is 1. The summed E-state index contributed by atoms with van der Waals surface area (Å²) in [6.45, 7) is 6.78. The zero-order chi connectivity index (χ0) is 19.1. The number of rotatable bonds is 2. The van der Waals surface area contributed by atoms with Crippen LogP contribution in [0.25, 0.3) is 0 Å². The van der Waals surface area contributed by atoms with Gasteiger partial charge in [0, 0.05) is 10.4 Å². The van der Waals surface area contributed by atoms with Crippen LogP contribution in [0.3, 0.4) is 0 Å². The third-order valence-corrected chi connectivity index (χ3v) is 6.92. The van der Waals surface area contributed by atoms with Crippen molar-refractivity contribution in [3.05, 3.63) is 49.8 Å². The predicted octanol–water partition coefficient (Wildman–Crippen LogP) is 6.33. The number of fused-ring (bicyclic) bond motifs is 1. The van der Waals surface area contributed by atoms with Gasteiger partial charge in [-0.3, -0.25) is 4.79 Å². The molecule has 1 N–H and O–H groups in total. The Morgan fingerprint density at radius 2 is 2.04 bits per heavy atom. The Labute approximate surface area is 167 Å². The van der Waals surface area contributed by atoms with Gasteiger partial charge < -0.3 is 5.32 Å². The van der Waals surface area contributed by atoms with E-state index < -0.39 is 0 Å². The minimum Gasteiger partial charge on any atom is -0.312 e. The lowest BCUT2D eigenvalue weighted by molar-refractivity contribution is 0.102.